The number of rotatable bonds is 3. The predicted octanol–water partition coefficient (Wildman–Crippen LogP) is 2.98. The van der Waals surface area contributed by atoms with Crippen molar-refractivity contribution < 1.29 is 4.84 Å². The van der Waals surface area contributed by atoms with Gasteiger partial charge in [0, 0.05) is 10.6 Å². The molecule has 0 aliphatic carbocycles. The molecule has 1 radical (unpaired) electrons. The average Bonchev–Trinajstić information content (AvgIpc) is 2.08. The van der Waals surface area contributed by atoms with Gasteiger partial charge in [-0.2, -0.15) is 0 Å². The van der Waals surface area contributed by atoms with E-state index in [1.807, 2.05) is 26.0 Å². The average molecular weight is 197 g/mol. The Labute approximate surface area is 83.2 Å². The summed E-state index contributed by atoms with van der Waals surface area (Å²) in [5, 5.41) is 4.38. The van der Waals surface area contributed by atoms with E-state index >= 15 is 0 Å². The number of hydrogen-bond donors (Lipinski definition) is 0. The van der Waals surface area contributed by atoms with Crippen molar-refractivity contribution in [2.24, 2.45) is 5.16 Å². The highest BCUT2D eigenvalue weighted by atomic mass is 35.5. The third-order valence-corrected chi connectivity index (χ3v) is 1.53. The normalized spacial score (nSPS) is 11.1. The van der Waals surface area contributed by atoms with Gasteiger partial charge in [-0.25, -0.2) is 0 Å². The van der Waals surface area contributed by atoms with Crippen LogP contribution in [0.3, 0.4) is 0 Å². The van der Waals surface area contributed by atoms with Crippen LogP contribution in [0.1, 0.15) is 19.4 Å². The summed E-state index contributed by atoms with van der Waals surface area (Å²) in [6, 6.07) is 7.23. The first-order valence-electron chi connectivity index (χ1n) is 4.06. The molecular weight excluding hydrogens is 186 g/mol. The van der Waals surface area contributed by atoms with Crippen LogP contribution >= 0.6 is 11.6 Å². The van der Waals surface area contributed by atoms with Crippen LogP contribution in [0.2, 0.25) is 5.02 Å². The Morgan fingerprint density at radius 3 is 2.46 bits per heavy atom. The van der Waals surface area contributed by atoms with E-state index in [2.05, 4.69) is 11.4 Å². The Bertz CT molecular complexity index is 279. The summed E-state index contributed by atoms with van der Waals surface area (Å²) in [4.78, 5) is 4.96. The van der Waals surface area contributed by atoms with Gasteiger partial charge < -0.3 is 4.84 Å². The molecule has 0 atom stereocenters. The van der Waals surface area contributed by atoms with E-state index in [0.717, 1.165) is 5.56 Å². The Morgan fingerprint density at radius 2 is 1.92 bits per heavy atom. The van der Waals surface area contributed by atoms with E-state index in [-0.39, 0.29) is 6.10 Å². The summed E-state index contributed by atoms with van der Waals surface area (Å²) in [5.41, 5.74) is 0.852. The summed E-state index contributed by atoms with van der Waals surface area (Å²) in [5.74, 6) is 0. The molecule has 0 N–H and O–H groups in total. The van der Waals surface area contributed by atoms with E-state index in [4.69, 9.17) is 16.4 Å². The second kappa shape index (κ2) is 4.87. The van der Waals surface area contributed by atoms with Crippen LogP contribution in [0.4, 0.5) is 0 Å². The topological polar surface area (TPSA) is 21.6 Å². The molecule has 0 spiro atoms. The van der Waals surface area contributed by atoms with Crippen molar-refractivity contribution in [1.82, 2.24) is 0 Å². The van der Waals surface area contributed by atoms with Crippen molar-refractivity contribution in [3.05, 3.63) is 34.9 Å². The number of halogens is 1. The molecule has 3 heteroatoms. The Hall–Kier alpha value is -1.02. The molecule has 0 saturated heterocycles. The van der Waals surface area contributed by atoms with Crippen LogP contribution in [0.15, 0.2) is 29.4 Å². The summed E-state index contributed by atoms with van der Waals surface area (Å²) >= 11 is 5.71. The summed E-state index contributed by atoms with van der Waals surface area (Å²) in [6.45, 7) is 3.82. The SMILES string of the molecule is CC(C)O/N=[C]/c1ccc(Cl)cc1. The lowest BCUT2D eigenvalue weighted by Crippen LogP contribution is -1.95. The Kier molecular flexibility index (Phi) is 3.77. The molecule has 0 aromatic heterocycles. The lowest BCUT2D eigenvalue weighted by atomic mass is 10.2. The van der Waals surface area contributed by atoms with Crippen molar-refractivity contribution in [2.75, 3.05) is 0 Å². The highest BCUT2D eigenvalue weighted by molar-refractivity contribution is 6.30. The molecule has 1 rings (SSSR count). The predicted molar refractivity (Wildman–Crippen MR) is 54.2 cm³/mol. The molecule has 1 aromatic carbocycles. The highest BCUT2D eigenvalue weighted by Crippen LogP contribution is 2.07. The van der Waals surface area contributed by atoms with Crippen molar-refractivity contribution in [3.8, 4) is 0 Å². The van der Waals surface area contributed by atoms with Crippen LogP contribution < -0.4 is 0 Å². The molecule has 0 aliphatic rings. The zero-order valence-corrected chi connectivity index (χ0v) is 8.38. The quantitative estimate of drug-likeness (QED) is 0.538. The summed E-state index contributed by atoms with van der Waals surface area (Å²) in [7, 11) is 0. The molecule has 0 saturated carbocycles. The molecule has 0 fully saturated rings. The molecule has 0 aliphatic heterocycles. The lowest BCUT2D eigenvalue weighted by molar-refractivity contribution is 0.0874. The largest absolute Gasteiger partial charge is 0.393 e. The minimum absolute atomic E-state index is 0.0831. The molecule has 0 unspecified atom stereocenters. The first-order valence-corrected chi connectivity index (χ1v) is 4.43. The van der Waals surface area contributed by atoms with Gasteiger partial charge in [0.25, 0.3) is 0 Å². The van der Waals surface area contributed by atoms with Gasteiger partial charge in [-0.3, -0.25) is 0 Å². The zero-order valence-electron chi connectivity index (χ0n) is 7.62. The first-order chi connectivity index (χ1) is 6.18. The van der Waals surface area contributed by atoms with E-state index in [9.17, 15) is 0 Å². The zero-order chi connectivity index (χ0) is 9.68. The minimum Gasteiger partial charge on any atom is -0.393 e. The van der Waals surface area contributed by atoms with E-state index in [1.54, 1.807) is 12.1 Å². The summed E-state index contributed by atoms with van der Waals surface area (Å²) < 4.78 is 0. The second-order valence-electron chi connectivity index (χ2n) is 2.86. The maximum Gasteiger partial charge on any atom is 0.139 e. The fraction of sp³-hybridized carbons (Fsp3) is 0.300. The highest BCUT2D eigenvalue weighted by Gasteiger charge is 1.91. The lowest BCUT2D eigenvalue weighted by Gasteiger charge is -1.99. The van der Waals surface area contributed by atoms with Gasteiger partial charge in [-0.15, -0.1) is 0 Å². The van der Waals surface area contributed by atoms with Crippen molar-refractivity contribution in [1.29, 1.82) is 0 Å². The van der Waals surface area contributed by atoms with E-state index in [1.165, 1.54) is 0 Å². The van der Waals surface area contributed by atoms with E-state index in [0.29, 0.717) is 5.02 Å². The smallest absolute Gasteiger partial charge is 0.139 e. The minimum atomic E-state index is 0.0831. The number of hydrogen-bond acceptors (Lipinski definition) is 2. The molecular formula is C10H11ClNO. The van der Waals surface area contributed by atoms with Gasteiger partial charge >= 0.3 is 0 Å². The first kappa shape index (κ1) is 10.1. The number of benzene rings is 1. The van der Waals surface area contributed by atoms with Crippen LogP contribution in [0.25, 0.3) is 0 Å². The van der Waals surface area contributed by atoms with Crippen molar-refractivity contribution >= 4 is 17.8 Å². The fourth-order valence-corrected chi connectivity index (χ4v) is 0.835. The summed E-state index contributed by atoms with van der Waals surface area (Å²) in [6.07, 6.45) is 2.83. The van der Waals surface area contributed by atoms with Gasteiger partial charge in [0.2, 0.25) is 0 Å². The number of nitrogens with zero attached hydrogens (tertiary/aromatic N) is 1. The molecule has 69 valence electrons. The maximum atomic E-state index is 5.71. The van der Waals surface area contributed by atoms with E-state index < -0.39 is 0 Å². The Morgan fingerprint density at radius 1 is 1.31 bits per heavy atom. The third kappa shape index (κ3) is 3.95. The molecule has 2 nitrogen and oxygen atoms in total. The standard InChI is InChI=1S/C10H11ClNO/c1-8(2)13-12-7-9-3-5-10(11)6-4-9/h3-6,8H,1-2H3. The van der Waals surface area contributed by atoms with Gasteiger partial charge in [0.15, 0.2) is 0 Å². The van der Waals surface area contributed by atoms with Crippen molar-refractivity contribution in [2.45, 2.75) is 20.0 Å². The molecule has 0 amide bonds. The Balaban J connectivity index is 2.54. The van der Waals surface area contributed by atoms with Crippen LogP contribution in [0, 0.1) is 0 Å². The van der Waals surface area contributed by atoms with Gasteiger partial charge in [0.05, 0.1) is 0 Å². The fourth-order valence-electron chi connectivity index (χ4n) is 0.709. The van der Waals surface area contributed by atoms with Gasteiger partial charge in [0.1, 0.15) is 12.3 Å². The maximum absolute atomic E-state index is 5.71. The molecule has 0 heterocycles. The molecule has 13 heavy (non-hydrogen) atoms. The second-order valence-corrected chi connectivity index (χ2v) is 3.30. The van der Waals surface area contributed by atoms with Crippen LogP contribution in [-0.2, 0) is 4.84 Å². The van der Waals surface area contributed by atoms with Gasteiger partial charge in [-0.05, 0) is 26.0 Å². The van der Waals surface area contributed by atoms with Crippen LogP contribution in [0.5, 0.6) is 0 Å². The third-order valence-electron chi connectivity index (χ3n) is 1.28. The molecule has 0 bridgehead atoms. The van der Waals surface area contributed by atoms with Crippen molar-refractivity contribution in [3.63, 3.8) is 0 Å². The van der Waals surface area contributed by atoms with Crippen LogP contribution in [-0.4, -0.2) is 12.3 Å². The molecule has 1 aromatic rings. The van der Waals surface area contributed by atoms with Gasteiger partial charge in [-0.1, -0.05) is 28.9 Å². The monoisotopic (exact) mass is 196 g/mol.